The van der Waals surface area contributed by atoms with E-state index in [0.29, 0.717) is 12.3 Å². The highest BCUT2D eigenvalue weighted by molar-refractivity contribution is 5.91. The lowest BCUT2D eigenvalue weighted by molar-refractivity contribution is -0.116. The quantitative estimate of drug-likeness (QED) is 0.735. The second-order valence-electron chi connectivity index (χ2n) is 6.49. The molecule has 0 bridgehead atoms. The minimum Gasteiger partial charge on any atom is -0.326 e. The fourth-order valence-electron chi connectivity index (χ4n) is 3.28. The molecule has 0 aliphatic heterocycles. The lowest BCUT2D eigenvalue weighted by Crippen LogP contribution is -2.16. The first-order valence-electron chi connectivity index (χ1n) is 8.59. The number of anilines is 1. The standard InChI is InChI=1S/C19H29NO/c1-3-15(2)17-11-7-8-12-18(17)20-19(21)14-13-16-9-5-4-6-10-16/h7-8,11-12,15-16H,3-6,9-10,13-14H2,1-2H3,(H,20,21)/t15-/m0/s1. The molecule has 1 atom stereocenters. The maximum Gasteiger partial charge on any atom is 0.224 e. The van der Waals surface area contributed by atoms with Crippen molar-refractivity contribution in [3.8, 4) is 0 Å². The number of benzene rings is 1. The predicted octanol–water partition coefficient (Wildman–Crippen LogP) is 5.50. The zero-order valence-electron chi connectivity index (χ0n) is 13.5. The molecule has 2 heteroatoms. The number of carbonyl (C=O) groups excluding carboxylic acids is 1. The summed E-state index contributed by atoms with van der Waals surface area (Å²) in [6, 6.07) is 8.22. The molecule has 0 heterocycles. The van der Waals surface area contributed by atoms with E-state index in [1.807, 2.05) is 12.1 Å². The minimum atomic E-state index is 0.177. The molecule has 1 aliphatic carbocycles. The van der Waals surface area contributed by atoms with Gasteiger partial charge in [-0.05, 0) is 36.3 Å². The summed E-state index contributed by atoms with van der Waals surface area (Å²) < 4.78 is 0. The van der Waals surface area contributed by atoms with Crippen molar-refractivity contribution in [3.05, 3.63) is 29.8 Å². The molecule has 0 saturated heterocycles. The molecule has 1 N–H and O–H groups in total. The Bertz CT molecular complexity index is 449. The average Bonchev–Trinajstić information content (AvgIpc) is 2.54. The van der Waals surface area contributed by atoms with Crippen LogP contribution >= 0.6 is 0 Å². The van der Waals surface area contributed by atoms with E-state index in [2.05, 4.69) is 31.3 Å². The summed E-state index contributed by atoms with van der Waals surface area (Å²) in [6.07, 6.45) is 9.52. The number of hydrogen-bond donors (Lipinski definition) is 1. The second kappa shape index (κ2) is 8.21. The van der Waals surface area contributed by atoms with Crippen molar-refractivity contribution in [2.24, 2.45) is 5.92 Å². The van der Waals surface area contributed by atoms with E-state index < -0.39 is 0 Å². The van der Waals surface area contributed by atoms with Gasteiger partial charge in [-0.1, -0.05) is 64.2 Å². The second-order valence-corrected chi connectivity index (χ2v) is 6.49. The van der Waals surface area contributed by atoms with E-state index in [1.54, 1.807) is 0 Å². The maximum absolute atomic E-state index is 12.2. The molecular weight excluding hydrogens is 258 g/mol. The van der Waals surface area contributed by atoms with Gasteiger partial charge in [-0.25, -0.2) is 0 Å². The maximum atomic E-state index is 12.2. The van der Waals surface area contributed by atoms with Crippen molar-refractivity contribution in [2.45, 2.75) is 71.1 Å². The Balaban J connectivity index is 1.87. The third-order valence-electron chi connectivity index (χ3n) is 4.88. The highest BCUT2D eigenvalue weighted by Gasteiger charge is 2.16. The first-order chi connectivity index (χ1) is 10.2. The number of para-hydroxylation sites is 1. The number of rotatable bonds is 6. The third kappa shape index (κ3) is 4.87. The van der Waals surface area contributed by atoms with Gasteiger partial charge in [0.25, 0.3) is 0 Å². The SMILES string of the molecule is CC[C@H](C)c1ccccc1NC(=O)CCC1CCCCC1. The Labute approximate surface area is 129 Å². The summed E-state index contributed by atoms with van der Waals surface area (Å²) in [5, 5.41) is 3.13. The molecule has 1 aromatic carbocycles. The minimum absolute atomic E-state index is 0.177. The summed E-state index contributed by atoms with van der Waals surface area (Å²) >= 11 is 0. The van der Waals surface area contributed by atoms with Crippen molar-refractivity contribution < 1.29 is 4.79 Å². The first-order valence-corrected chi connectivity index (χ1v) is 8.59. The van der Waals surface area contributed by atoms with Gasteiger partial charge in [-0.15, -0.1) is 0 Å². The molecule has 2 nitrogen and oxygen atoms in total. The van der Waals surface area contributed by atoms with Gasteiger partial charge in [0.05, 0.1) is 0 Å². The van der Waals surface area contributed by atoms with Crippen LogP contribution in [0.4, 0.5) is 5.69 Å². The van der Waals surface area contributed by atoms with Gasteiger partial charge in [-0.2, -0.15) is 0 Å². The molecule has 1 saturated carbocycles. The van der Waals surface area contributed by atoms with Crippen LogP contribution in [0.5, 0.6) is 0 Å². The predicted molar refractivity (Wildman–Crippen MR) is 89.6 cm³/mol. The molecule has 2 rings (SSSR count). The molecule has 1 aromatic rings. The van der Waals surface area contributed by atoms with Crippen LogP contribution in [-0.4, -0.2) is 5.91 Å². The third-order valence-corrected chi connectivity index (χ3v) is 4.88. The van der Waals surface area contributed by atoms with Crippen LogP contribution in [0.1, 0.15) is 76.7 Å². The van der Waals surface area contributed by atoms with Crippen molar-refractivity contribution in [2.75, 3.05) is 5.32 Å². The van der Waals surface area contributed by atoms with E-state index in [9.17, 15) is 4.79 Å². The van der Waals surface area contributed by atoms with Crippen LogP contribution in [-0.2, 0) is 4.79 Å². The van der Waals surface area contributed by atoms with E-state index in [-0.39, 0.29) is 5.91 Å². The Morgan fingerprint density at radius 1 is 1.24 bits per heavy atom. The summed E-state index contributed by atoms with van der Waals surface area (Å²) in [5.41, 5.74) is 2.26. The Hall–Kier alpha value is -1.31. The van der Waals surface area contributed by atoms with Crippen LogP contribution in [0.2, 0.25) is 0 Å². The van der Waals surface area contributed by atoms with Crippen LogP contribution in [0.3, 0.4) is 0 Å². The average molecular weight is 287 g/mol. The molecule has 0 unspecified atom stereocenters. The van der Waals surface area contributed by atoms with E-state index >= 15 is 0 Å². The van der Waals surface area contributed by atoms with E-state index in [4.69, 9.17) is 0 Å². The van der Waals surface area contributed by atoms with Gasteiger partial charge in [0, 0.05) is 12.1 Å². The molecule has 116 valence electrons. The van der Waals surface area contributed by atoms with Gasteiger partial charge in [0.15, 0.2) is 0 Å². The summed E-state index contributed by atoms with van der Waals surface area (Å²) in [6.45, 7) is 4.40. The summed E-state index contributed by atoms with van der Waals surface area (Å²) in [5.74, 6) is 1.44. The largest absolute Gasteiger partial charge is 0.326 e. The Kier molecular flexibility index (Phi) is 6.28. The molecule has 0 spiro atoms. The lowest BCUT2D eigenvalue weighted by atomic mass is 9.86. The van der Waals surface area contributed by atoms with Gasteiger partial charge < -0.3 is 5.32 Å². The Morgan fingerprint density at radius 2 is 1.95 bits per heavy atom. The van der Waals surface area contributed by atoms with Crippen LogP contribution in [0, 0.1) is 5.92 Å². The van der Waals surface area contributed by atoms with Crippen molar-refractivity contribution in [1.29, 1.82) is 0 Å². The molecule has 1 fully saturated rings. The Morgan fingerprint density at radius 3 is 2.67 bits per heavy atom. The molecule has 1 aliphatic rings. The summed E-state index contributed by atoms with van der Waals surface area (Å²) in [7, 11) is 0. The van der Waals surface area contributed by atoms with Crippen molar-refractivity contribution >= 4 is 11.6 Å². The van der Waals surface area contributed by atoms with Crippen molar-refractivity contribution in [3.63, 3.8) is 0 Å². The summed E-state index contributed by atoms with van der Waals surface area (Å²) in [4.78, 5) is 12.2. The van der Waals surface area contributed by atoms with Crippen LogP contribution in [0.25, 0.3) is 0 Å². The molecule has 0 radical (unpaired) electrons. The zero-order valence-corrected chi connectivity index (χ0v) is 13.5. The van der Waals surface area contributed by atoms with Gasteiger partial charge in [0.1, 0.15) is 0 Å². The smallest absolute Gasteiger partial charge is 0.224 e. The number of carbonyl (C=O) groups is 1. The topological polar surface area (TPSA) is 29.1 Å². The van der Waals surface area contributed by atoms with Crippen LogP contribution < -0.4 is 5.32 Å². The number of nitrogens with one attached hydrogen (secondary N) is 1. The fraction of sp³-hybridized carbons (Fsp3) is 0.632. The number of hydrogen-bond acceptors (Lipinski definition) is 1. The molecular formula is C19H29NO. The number of amides is 1. The van der Waals surface area contributed by atoms with E-state index in [0.717, 1.165) is 24.4 Å². The lowest BCUT2D eigenvalue weighted by Gasteiger charge is -2.21. The van der Waals surface area contributed by atoms with Gasteiger partial charge in [-0.3, -0.25) is 4.79 Å². The monoisotopic (exact) mass is 287 g/mol. The molecule has 21 heavy (non-hydrogen) atoms. The zero-order chi connectivity index (χ0) is 15.1. The first kappa shape index (κ1) is 16.1. The van der Waals surface area contributed by atoms with E-state index in [1.165, 1.54) is 37.7 Å². The van der Waals surface area contributed by atoms with Crippen molar-refractivity contribution in [1.82, 2.24) is 0 Å². The highest BCUT2D eigenvalue weighted by Crippen LogP contribution is 2.29. The highest BCUT2D eigenvalue weighted by atomic mass is 16.1. The normalized spacial score (nSPS) is 17.4. The fourth-order valence-corrected chi connectivity index (χ4v) is 3.28. The van der Waals surface area contributed by atoms with Crippen LogP contribution in [0.15, 0.2) is 24.3 Å². The molecule has 1 amide bonds. The molecule has 0 aromatic heterocycles. The van der Waals surface area contributed by atoms with Gasteiger partial charge >= 0.3 is 0 Å². The van der Waals surface area contributed by atoms with Gasteiger partial charge in [0.2, 0.25) is 5.91 Å².